The molecule has 1 saturated heterocycles. The van der Waals surface area contributed by atoms with Crippen molar-refractivity contribution in [2.24, 2.45) is 0 Å². The number of nitrogens with one attached hydrogen (secondary N) is 1. The van der Waals surface area contributed by atoms with Gasteiger partial charge in [-0.05, 0) is 30.4 Å². The summed E-state index contributed by atoms with van der Waals surface area (Å²) in [6, 6.07) is 3.90. The Balaban J connectivity index is 1.49. The van der Waals surface area contributed by atoms with Gasteiger partial charge < -0.3 is 5.32 Å². The lowest BCUT2D eigenvalue weighted by Gasteiger charge is -2.13. The first kappa shape index (κ1) is 19.2. The van der Waals surface area contributed by atoms with Gasteiger partial charge in [0.2, 0.25) is 11.0 Å². The summed E-state index contributed by atoms with van der Waals surface area (Å²) in [6.45, 7) is 2.41. The molecule has 10 heteroatoms. The Kier molecular flexibility index (Phi) is 6.52. The van der Waals surface area contributed by atoms with Crippen LogP contribution in [0.4, 0.5) is 5.13 Å². The summed E-state index contributed by atoms with van der Waals surface area (Å²) < 4.78 is 0.537. The highest BCUT2D eigenvalue weighted by Gasteiger charge is 2.31. The number of carbonyl (C=O) groups is 2. The summed E-state index contributed by atoms with van der Waals surface area (Å²) in [5.41, 5.74) is 0. The van der Waals surface area contributed by atoms with Crippen molar-refractivity contribution in [3.05, 3.63) is 32.3 Å². The molecule has 2 aromatic heterocycles. The molecular formula is C16H16N4O2S4. The van der Waals surface area contributed by atoms with Crippen molar-refractivity contribution in [1.29, 1.82) is 0 Å². The summed E-state index contributed by atoms with van der Waals surface area (Å²) in [5, 5.41) is 14.0. The van der Waals surface area contributed by atoms with Crippen LogP contribution in [0.5, 0.6) is 0 Å². The molecule has 136 valence electrons. The van der Waals surface area contributed by atoms with Crippen molar-refractivity contribution < 1.29 is 9.59 Å². The van der Waals surface area contributed by atoms with Crippen molar-refractivity contribution in [3.63, 3.8) is 0 Å². The first-order chi connectivity index (χ1) is 12.6. The highest BCUT2D eigenvalue weighted by atomic mass is 32.2. The van der Waals surface area contributed by atoms with Gasteiger partial charge in [-0.3, -0.25) is 14.5 Å². The van der Waals surface area contributed by atoms with Crippen molar-refractivity contribution in [2.45, 2.75) is 26.2 Å². The third kappa shape index (κ3) is 4.76. The zero-order chi connectivity index (χ0) is 18.5. The molecule has 0 unspecified atom stereocenters. The van der Waals surface area contributed by atoms with Crippen LogP contribution in [-0.2, 0) is 16.0 Å². The number of nitrogens with zero attached hydrogens (tertiary/aromatic N) is 3. The predicted octanol–water partition coefficient (Wildman–Crippen LogP) is 3.78. The van der Waals surface area contributed by atoms with Gasteiger partial charge in [0, 0.05) is 17.8 Å². The number of hydrogen-bond donors (Lipinski definition) is 1. The van der Waals surface area contributed by atoms with Gasteiger partial charge in [-0.1, -0.05) is 48.3 Å². The molecule has 0 aromatic carbocycles. The fraction of sp³-hybridized carbons (Fsp3) is 0.312. The molecule has 1 aliphatic heterocycles. The molecule has 3 heterocycles. The lowest BCUT2D eigenvalue weighted by molar-refractivity contribution is -0.122. The number of aryl methyl sites for hydroxylation is 1. The molecule has 0 aliphatic carbocycles. The summed E-state index contributed by atoms with van der Waals surface area (Å²) in [5.74, 6) is -0.228. The minimum absolute atomic E-state index is 0.0921. The number of amides is 2. The molecule has 1 aliphatic rings. The monoisotopic (exact) mass is 424 g/mol. The van der Waals surface area contributed by atoms with Gasteiger partial charge in [-0.2, -0.15) is 0 Å². The second-order valence-corrected chi connectivity index (χ2v) is 9.07. The van der Waals surface area contributed by atoms with E-state index in [9.17, 15) is 9.59 Å². The van der Waals surface area contributed by atoms with E-state index < -0.39 is 0 Å². The third-order valence-electron chi connectivity index (χ3n) is 3.49. The zero-order valence-electron chi connectivity index (χ0n) is 13.9. The van der Waals surface area contributed by atoms with E-state index in [1.54, 1.807) is 16.2 Å². The molecule has 2 aromatic rings. The molecule has 0 atom stereocenters. The molecule has 0 radical (unpaired) electrons. The van der Waals surface area contributed by atoms with Crippen molar-refractivity contribution in [1.82, 2.24) is 15.1 Å². The smallest absolute Gasteiger partial charge is 0.266 e. The fourth-order valence-electron chi connectivity index (χ4n) is 2.22. The van der Waals surface area contributed by atoms with Crippen LogP contribution >= 0.6 is 46.7 Å². The van der Waals surface area contributed by atoms with E-state index in [0.29, 0.717) is 33.7 Å². The van der Waals surface area contributed by atoms with Crippen molar-refractivity contribution in [3.8, 4) is 0 Å². The molecular weight excluding hydrogens is 408 g/mol. The highest BCUT2D eigenvalue weighted by Crippen LogP contribution is 2.33. The maximum Gasteiger partial charge on any atom is 0.266 e. The number of hydrogen-bond acceptors (Lipinski definition) is 8. The van der Waals surface area contributed by atoms with Crippen LogP contribution in [0.3, 0.4) is 0 Å². The van der Waals surface area contributed by atoms with Crippen molar-refractivity contribution in [2.75, 3.05) is 11.9 Å². The number of carbonyl (C=O) groups excluding carboxylic acids is 2. The molecule has 6 nitrogen and oxygen atoms in total. The second kappa shape index (κ2) is 8.85. The van der Waals surface area contributed by atoms with E-state index >= 15 is 0 Å². The van der Waals surface area contributed by atoms with Crippen LogP contribution in [0.15, 0.2) is 22.4 Å². The molecule has 1 fully saturated rings. The average molecular weight is 425 g/mol. The summed E-state index contributed by atoms with van der Waals surface area (Å²) in [4.78, 5) is 27.7. The maximum atomic E-state index is 12.5. The molecule has 26 heavy (non-hydrogen) atoms. The van der Waals surface area contributed by atoms with Crippen LogP contribution in [0.2, 0.25) is 0 Å². The Hall–Kier alpha value is -1.62. The predicted molar refractivity (Wildman–Crippen MR) is 111 cm³/mol. The Morgan fingerprint density at radius 2 is 2.27 bits per heavy atom. The fourth-order valence-corrected chi connectivity index (χ4v) is 4.95. The van der Waals surface area contributed by atoms with E-state index in [1.807, 2.05) is 30.5 Å². The maximum absolute atomic E-state index is 12.5. The topological polar surface area (TPSA) is 75.2 Å². The number of thiophene rings is 1. The van der Waals surface area contributed by atoms with Gasteiger partial charge in [-0.15, -0.1) is 21.5 Å². The Labute approximate surface area is 168 Å². The van der Waals surface area contributed by atoms with Crippen LogP contribution in [0, 0.1) is 0 Å². The lowest BCUT2D eigenvalue weighted by Crippen LogP contribution is -2.29. The second-order valence-electron chi connectivity index (χ2n) is 5.36. The summed E-state index contributed by atoms with van der Waals surface area (Å²) in [6.07, 6.45) is 3.48. The lowest BCUT2D eigenvalue weighted by atomic mass is 10.2. The van der Waals surface area contributed by atoms with Crippen LogP contribution in [-0.4, -0.2) is 37.8 Å². The van der Waals surface area contributed by atoms with Crippen LogP contribution in [0.25, 0.3) is 6.08 Å². The van der Waals surface area contributed by atoms with E-state index in [4.69, 9.17) is 12.2 Å². The van der Waals surface area contributed by atoms with E-state index in [1.165, 1.54) is 23.1 Å². The highest BCUT2D eigenvalue weighted by molar-refractivity contribution is 8.26. The minimum atomic E-state index is -0.136. The first-order valence-corrected chi connectivity index (χ1v) is 10.9. The van der Waals surface area contributed by atoms with E-state index in [-0.39, 0.29) is 11.8 Å². The number of thioether (sulfide) groups is 1. The first-order valence-electron chi connectivity index (χ1n) is 7.98. The van der Waals surface area contributed by atoms with Gasteiger partial charge in [0.15, 0.2) is 0 Å². The molecule has 0 saturated carbocycles. The molecule has 2 amide bonds. The van der Waals surface area contributed by atoms with Crippen molar-refractivity contribution >= 4 is 74.0 Å². The Morgan fingerprint density at radius 3 is 2.96 bits per heavy atom. The number of anilines is 1. The molecule has 3 rings (SSSR count). The Morgan fingerprint density at radius 1 is 1.42 bits per heavy atom. The zero-order valence-corrected chi connectivity index (χ0v) is 17.2. The van der Waals surface area contributed by atoms with Gasteiger partial charge in [0.1, 0.15) is 9.33 Å². The average Bonchev–Trinajstić information content (AvgIpc) is 3.33. The van der Waals surface area contributed by atoms with Gasteiger partial charge in [0.25, 0.3) is 5.91 Å². The minimum Gasteiger partial charge on any atom is -0.301 e. The largest absolute Gasteiger partial charge is 0.301 e. The van der Waals surface area contributed by atoms with Gasteiger partial charge in [-0.25, -0.2) is 0 Å². The number of thiocarbonyl (C=S) groups is 1. The summed E-state index contributed by atoms with van der Waals surface area (Å²) in [7, 11) is 0. The number of rotatable bonds is 7. The van der Waals surface area contributed by atoms with E-state index in [0.717, 1.165) is 16.3 Å². The van der Waals surface area contributed by atoms with Gasteiger partial charge >= 0.3 is 0 Å². The van der Waals surface area contributed by atoms with Gasteiger partial charge in [0.05, 0.1) is 4.91 Å². The number of aromatic nitrogens is 2. The normalized spacial score (nSPS) is 15.9. The van der Waals surface area contributed by atoms with Crippen LogP contribution < -0.4 is 5.32 Å². The SMILES string of the molecule is CCc1nnc(NC(=O)CCCN2C(=O)/C(=C\c3cccs3)SC2=S)s1. The third-order valence-corrected chi connectivity index (χ3v) is 6.67. The molecule has 0 bridgehead atoms. The Bertz CT molecular complexity index is 844. The molecule has 1 N–H and O–H groups in total. The standard InChI is InChI=1S/C16H16N4O2S4/c1-2-13-18-19-15(26-13)17-12(21)6-3-7-20-14(22)11(25-16(20)23)9-10-5-4-8-24-10/h4-5,8-9H,2-3,6-7H2,1H3,(H,17,19,21)/b11-9+. The molecule has 0 spiro atoms. The quantitative estimate of drug-likeness (QED) is 0.538. The van der Waals surface area contributed by atoms with Crippen LogP contribution in [0.1, 0.15) is 29.7 Å². The van der Waals surface area contributed by atoms with E-state index in [2.05, 4.69) is 15.5 Å². The summed E-state index contributed by atoms with van der Waals surface area (Å²) >= 11 is 9.56.